The third-order valence-corrected chi connectivity index (χ3v) is 3.77. The minimum Gasteiger partial charge on any atom is -0.399 e. The molecular weight excluding hydrogens is 386 g/mol. The van der Waals surface area contributed by atoms with E-state index in [-0.39, 0.29) is 5.91 Å². The number of carbonyl (C=O) groups excluding carboxylic acids is 1. The fourth-order valence-electron chi connectivity index (χ4n) is 1.62. The molecule has 100 valence electrons. The zero-order valence-corrected chi connectivity index (χ0v) is 13.3. The smallest absolute Gasteiger partial charge is 0.256 e. The van der Waals surface area contributed by atoms with Crippen molar-refractivity contribution in [1.82, 2.24) is 0 Å². The molecule has 2 rings (SSSR count). The summed E-state index contributed by atoms with van der Waals surface area (Å²) in [7, 11) is 0. The van der Waals surface area contributed by atoms with Crippen molar-refractivity contribution < 1.29 is 4.79 Å². The molecule has 0 bridgehead atoms. The molecule has 0 aliphatic rings. The second-order valence-corrected chi connectivity index (χ2v) is 5.77. The number of nitriles is 1. The molecule has 2 aromatic carbocycles. The Morgan fingerprint density at radius 1 is 1.20 bits per heavy atom. The first-order valence-electron chi connectivity index (χ1n) is 5.57. The van der Waals surface area contributed by atoms with Gasteiger partial charge in [-0.3, -0.25) is 4.79 Å². The number of carbonyl (C=O) groups is 1. The number of nitrogens with two attached hydrogens (primary N) is 1. The van der Waals surface area contributed by atoms with Gasteiger partial charge in [0, 0.05) is 14.6 Å². The van der Waals surface area contributed by atoms with Crippen LogP contribution >= 0.6 is 31.9 Å². The molecule has 0 saturated carbocycles. The Morgan fingerprint density at radius 2 is 1.95 bits per heavy atom. The van der Waals surface area contributed by atoms with Gasteiger partial charge in [-0.1, -0.05) is 15.9 Å². The van der Waals surface area contributed by atoms with Crippen LogP contribution in [0.25, 0.3) is 0 Å². The van der Waals surface area contributed by atoms with Crippen LogP contribution in [0.3, 0.4) is 0 Å². The number of hydrogen-bond acceptors (Lipinski definition) is 3. The van der Waals surface area contributed by atoms with E-state index in [9.17, 15) is 4.79 Å². The summed E-state index contributed by atoms with van der Waals surface area (Å²) in [5.41, 5.74) is 7.42. The molecule has 0 aliphatic heterocycles. The zero-order chi connectivity index (χ0) is 14.7. The molecule has 20 heavy (non-hydrogen) atoms. The van der Waals surface area contributed by atoms with E-state index in [1.165, 1.54) is 0 Å². The molecule has 0 saturated heterocycles. The van der Waals surface area contributed by atoms with Crippen LogP contribution in [0.2, 0.25) is 0 Å². The van der Waals surface area contributed by atoms with Crippen molar-refractivity contribution in [3.05, 3.63) is 56.5 Å². The van der Waals surface area contributed by atoms with Gasteiger partial charge in [-0.2, -0.15) is 5.26 Å². The molecule has 1 amide bonds. The standard InChI is InChI=1S/C14H9Br2N3O/c15-9-1-4-13(8(5-9)7-17)19-14(20)11-6-10(18)2-3-12(11)16/h1-6H,18H2,(H,19,20). The fourth-order valence-corrected chi connectivity index (χ4v) is 2.41. The minimum atomic E-state index is -0.331. The van der Waals surface area contributed by atoms with E-state index in [1.54, 1.807) is 36.4 Å². The van der Waals surface area contributed by atoms with Crippen molar-refractivity contribution in [2.75, 3.05) is 11.1 Å². The van der Waals surface area contributed by atoms with E-state index in [0.29, 0.717) is 27.0 Å². The summed E-state index contributed by atoms with van der Waals surface area (Å²) in [6.45, 7) is 0. The molecule has 0 heterocycles. The molecule has 6 heteroatoms. The van der Waals surface area contributed by atoms with Gasteiger partial charge in [0.2, 0.25) is 0 Å². The van der Waals surface area contributed by atoms with Crippen molar-refractivity contribution >= 4 is 49.1 Å². The molecule has 0 radical (unpaired) electrons. The third-order valence-electron chi connectivity index (χ3n) is 2.59. The van der Waals surface area contributed by atoms with Gasteiger partial charge in [0.25, 0.3) is 5.91 Å². The Hall–Kier alpha value is -1.84. The molecule has 0 aromatic heterocycles. The van der Waals surface area contributed by atoms with Crippen LogP contribution in [0.1, 0.15) is 15.9 Å². The quantitative estimate of drug-likeness (QED) is 0.757. The van der Waals surface area contributed by atoms with Crippen LogP contribution in [0, 0.1) is 11.3 Å². The number of benzene rings is 2. The van der Waals surface area contributed by atoms with E-state index in [4.69, 9.17) is 11.0 Å². The fraction of sp³-hybridized carbons (Fsp3) is 0. The molecule has 2 aromatic rings. The first-order valence-corrected chi connectivity index (χ1v) is 7.16. The number of halogens is 2. The molecule has 0 unspecified atom stereocenters. The maximum absolute atomic E-state index is 12.2. The lowest BCUT2D eigenvalue weighted by Gasteiger charge is -2.09. The van der Waals surface area contributed by atoms with Crippen molar-refractivity contribution in [1.29, 1.82) is 5.26 Å². The lowest BCUT2D eigenvalue weighted by atomic mass is 10.1. The van der Waals surface area contributed by atoms with Gasteiger partial charge in [0.05, 0.1) is 16.8 Å². The number of anilines is 2. The molecular formula is C14H9Br2N3O. The highest BCUT2D eigenvalue weighted by Crippen LogP contribution is 2.24. The highest BCUT2D eigenvalue weighted by molar-refractivity contribution is 9.10. The topological polar surface area (TPSA) is 78.9 Å². The maximum atomic E-state index is 12.2. The number of nitrogen functional groups attached to an aromatic ring is 1. The number of amides is 1. The lowest BCUT2D eigenvalue weighted by molar-refractivity contribution is 0.102. The van der Waals surface area contributed by atoms with Gasteiger partial charge < -0.3 is 11.1 Å². The second-order valence-electron chi connectivity index (χ2n) is 4.00. The summed E-state index contributed by atoms with van der Waals surface area (Å²) in [5, 5.41) is 11.8. The highest BCUT2D eigenvalue weighted by Gasteiger charge is 2.13. The summed E-state index contributed by atoms with van der Waals surface area (Å²) < 4.78 is 1.41. The first kappa shape index (κ1) is 14.6. The van der Waals surface area contributed by atoms with Gasteiger partial charge in [-0.05, 0) is 52.3 Å². The molecule has 0 spiro atoms. The Labute approximate surface area is 132 Å². The predicted molar refractivity (Wildman–Crippen MR) is 85.4 cm³/mol. The summed E-state index contributed by atoms with van der Waals surface area (Å²) >= 11 is 6.58. The monoisotopic (exact) mass is 393 g/mol. The summed E-state index contributed by atoms with van der Waals surface area (Å²) in [6, 6.07) is 12.1. The van der Waals surface area contributed by atoms with Gasteiger partial charge >= 0.3 is 0 Å². The number of rotatable bonds is 2. The summed E-state index contributed by atoms with van der Waals surface area (Å²) in [5.74, 6) is -0.331. The van der Waals surface area contributed by atoms with Crippen LogP contribution in [-0.4, -0.2) is 5.91 Å². The molecule has 0 atom stereocenters. The Balaban J connectivity index is 2.33. The summed E-state index contributed by atoms with van der Waals surface area (Å²) in [4.78, 5) is 12.2. The van der Waals surface area contributed by atoms with Crippen LogP contribution in [0.5, 0.6) is 0 Å². The zero-order valence-electron chi connectivity index (χ0n) is 10.2. The van der Waals surface area contributed by atoms with E-state index >= 15 is 0 Å². The SMILES string of the molecule is N#Cc1cc(Br)ccc1NC(=O)c1cc(N)ccc1Br. The average molecular weight is 395 g/mol. The van der Waals surface area contributed by atoms with Crippen molar-refractivity contribution in [2.24, 2.45) is 0 Å². The Kier molecular flexibility index (Phi) is 4.42. The number of hydrogen-bond donors (Lipinski definition) is 2. The van der Waals surface area contributed by atoms with Crippen LogP contribution in [-0.2, 0) is 0 Å². The van der Waals surface area contributed by atoms with E-state index in [0.717, 1.165) is 4.47 Å². The van der Waals surface area contributed by atoms with Gasteiger partial charge in [-0.15, -0.1) is 0 Å². The normalized spacial score (nSPS) is 9.85. The maximum Gasteiger partial charge on any atom is 0.256 e. The summed E-state index contributed by atoms with van der Waals surface area (Å²) in [6.07, 6.45) is 0. The largest absolute Gasteiger partial charge is 0.399 e. The molecule has 3 N–H and O–H groups in total. The van der Waals surface area contributed by atoms with Crippen LogP contribution in [0.15, 0.2) is 45.3 Å². The Bertz CT molecular complexity index is 723. The van der Waals surface area contributed by atoms with E-state index < -0.39 is 0 Å². The highest BCUT2D eigenvalue weighted by atomic mass is 79.9. The molecule has 4 nitrogen and oxygen atoms in total. The van der Waals surface area contributed by atoms with Crippen LogP contribution < -0.4 is 11.1 Å². The van der Waals surface area contributed by atoms with E-state index in [2.05, 4.69) is 37.2 Å². The number of nitrogens with one attached hydrogen (secondary N) is 1. The second kappa shape index (κ2) is 6.07. The average Bonchev–Trinajstić information content (AvgIpc) is 2.43. The van der Waals surface area contributed by atoms with Crippen LogP contribution in [0.4, 0.5) is 11.4 Å². The minimum absolute atomic E-state index is 0.331. The third kappa shape index (κ3) is 3.18. The predicted octanol–water partition coefficient (Wildman–Crippen LogP) is 3.92. The van der Waals surface area contributed by atoms with Gasteiger partial charge in [0.1, 0.15) is 6.07 Å². The van der Waals surface area contributed by atoms with Gasteiger partial charge in [-0.25, -0.2) is 0 Å². The van der Waals surface area contributed by atoms with Gasteiger partial charge in [0.15, 0.2) is 0 Å². The molecule has 0 fully saturated rings. The van der Waals surface area contributed by atoms with Crippen molar-refractivity contribution in [3.63, 3.8) is 0 Å². The van der Waals surface area contributed by atoms with Crippen molar-refractivity contribution in [2.45, 2.75) is 0 Å². The first-order chi connectivity index (χ1) is 9.51. The number of nitrogens with zero attached hydrogens (tertiary/aromatic N) is 1. The molecule has 0 aliphatic carbocycles. The van der Waals surface area contributed by atoms with E-state index in [1.807, 2.05) is 6.07 Å². The Morgan fingerprint density at radius 3 is 2.65 bits per heavy atom. The van der Waals surface area contributed by atoms with Crippen molar-refractivity contribution in [3.8, 4) is 6.07 Å². The lowest BCUT2D eigenvalue weighted by Crippen LogP contribution is -2.14.